The molecule has 1 atom stereocenters. The van der Waals surface area contributed by atoms with Crippen LogP contribution in [-0.2, 0) is 4.74 Å². The van der Waals surface area contributed by atoms with E-state index in [1.54, 1.807) is 6.20 Å². The van der Waals surface area contributed by atoms with Gasteiger partial charge in [0.1, 0.15) is 0 Å². The van der Waals surface area contributed by atoms with Crippen LogP contribution in [0.2, 0.25) is 0 Å². The second kappa shape index (κ2) is 6.75. The van der Waals surface area contributed by atoms with Gasteiger partial charge < -0.3 is 14.5 Å². The molecule has 0 unspecified atom stereocenters. The van der Waals surface area contributed by atoms with Crippen LogP contribution in [0.5, 0.6) is 0 Å². The van der Waals surface area contributed by atoms with Gasteiger partial charge >= 0.3 is 0 Å². The van der Waals surface area contributed by atoms with Gasteiger partial charge in [-0.2, -0.15) is 0 Å². The molecule has 5 heteroatoms. The Morgan fingerprint density at radius 3 is 2.86 bits per heavy atom. The Bertz CT molecular complexity index is 513. The number of ether oxygens (including phenoxy) is 1. The topological polar surface area (TPSA) is 45.7 Å². The summed E-state index contributed by atoms with van der Waals surface area (Å²) in [5.41, 5.74) is 1.61. The van der Waals surface area contributed by atoms with Crippen molar-refractivity contribution in [2.45, 2.75) is 25.9 Å². The van der Waals surface area contributed by atoms with Gasteiger partial charge in [0.25, 0.3) is 5.91 Å². The van der Waals surface area contributed by atoms with Gasteiger partial charge in [-0.15, -0.1) is 0 Å². The van der Waals surface area contributed by atoms with Crippen LogP contribution in [0.15, 0.2) is 18.3 Å². The lowest BCUT2D eigenvalue weighted by Crippen LogP contribution is -2.48. The fourth-order valence-corrected chi connectivity index (χ4v) is 2.85. The number of carbonyl (C=O) groups excluding carboxylic acids is 1. The van der Waals surface area contributed by atoms with Crippen molar-refractivity contribution >= 4 is 5.91 Å². The van der Waals surface area contributed by atoms with Crippen LogP contribution in [0, 0.1) is 12.8 Å². The van der Waals surface area contributed by atoms with Gasteiger partial charge in [-0.25, -0.2) is 0 Å². The molecule has 0 N–H and O–H groups in total. The number of hydrogen-bond donors (Lipinski definition) is 0. The summed E-state index contributed by atoms with van der Waals surface area (Å²) in [4.78, 5) is 21.3. The third kappa shape index (κ3) is 4.05. The highest BCUT2D eigenvalue weighted by molar-refractivity contribution is 5.94. The minimum atomic E-state index is 0.0798. The fraction of sp³-hybridized carbons (Fsp3) is 0.647. The Morgan fingerprint density at radius 1 is 1.41 bits per heavy atom. The second-order valence-electron chi connectivity index (χ2n) is 6.60. The van der Waals surface area contributed by atoms with Crippen molar-refractivity contribution in [3.63, 3.8) is 0 Å². The molecule has 0 aromatic carbocycles. The van der Waals surface area contributed by atoms with Gasteiger partial charge in [0, 0.05) is 38.1 Å². The summed E-state index contributed by atoms with van der Waals surface area (Å²) in [6, 6.07) is 3.77. The van der Waals surface area contributed by atoms with Crippen molar-refractivity contribution in [2.75, 3.05) is 39.8 Å². The summed E-state index contributed by atoms with van der Waals surface area (Å²) in [5.74, 6) is 0.750. The zero-order valence-corrected chi connectivity index (χ0v) is 13.5. The highest BCUT2D eigenvalue weighted by Crippen LogP contribution is 2.30. The molecular weight excluding hydrogens is 278 g/mol. The highest BCUT2D eigenvalue weighted by atomic mass is 16.5. The molecule has 2 heterocycles. The summed E-state index contributed by atoms with van der Waals surface area (Å²) in [5, 5.41) is 0. The van der Waals surface area contributed by atoms with Crippen LogP contribution in [-0.4, -0.2) is 66.6 Å². The fourth-order valence-electron chi connectivity index (χ4n) is 2.85. The van der Waals surface area contributed by atoms with Gasteiger partial charge in [0.2, 0.25) is 0 Å². The number of carbonyl (C=O) groups is 1. The van der Waals surface area contributed by atoms with E-state index in [0.29, 0.717) is 18.0 Å². The number of aromatic nitrogens is 1. The Kier molecular flexibility index (Phi) is 4.74. The van der Waals surface area contributed by atoms with Crippen molar-refractivity contribution in [3.05, 3.63) is 29.6 Å². The van der Waals surface area contributed by atoms with Gasteiger partial charge in [-0.1, -0.05) is 0 Å². The SMILES string of the molecule is Cc1ccc(C(=O)N(CC2CC2)C[C@H]2CN(C)CCO2)cn1. The monoisotopic (exact) mass is 303 g/mol. The standard InChI is InChI=1S/C17H25N3O2/c1-13-3-6-15(9-18-13)17(21)20(10-14-4-5-14)12-16-11-19(2)7-8-22-16/h3,6,9,14,16H,4-5,7-8,10-12H2,1-2H3/t16-/m1/s1. The summed E-state index contributed by atoms with van der Waals surface area (Å²) >= 11 is 0. The molecule has 0 spiro atoms. The molecule has 0 radical (unpaired) electrons. The minimum absolute atomic E-state index is 0.0798. The van der Waals surface area contributed by atoms with Gasteiger partial charge in [-0.05, 0) is 44.9 Å². The third-order valence-corrected chi connectivity index (χ3v) is 4.39. The Labute approximate surface area is 132 Å². The largest absolute Gasteiger partial charge is 0.374 e. The number of pyridine rings is 1. The molecule has 1 aliphatic carbocycles. The second-order valence-corrected chi connectivity index (χ2v) is 6.60. The van der Waals surface area contributed by atoms with Crippen molar-refractivity contribution < 1.29 is 9.53 Å². The first-order valence-corrected chi connectivity index (χ1v) is 8.14. The molecule has 5 nitrogen and oxygen atoms in total. The number of likely N-dealkylation sites (N-methyl/N-ethyl adjacent to an activating group) is 1. The number of morpholine rings is 1. The molecule has 120 valence electrons. The smallest absolute Gasteiger partial charge is 0.255 e. The molecule has 2 aliphatic rings. The van der Waals surface area contributed by atoms with Crippen molar-refractivity contribution in [2.24, 2.45) is 5.92 Å². The molecule has 2 fully saturated rings. The summed E-state index contributed by atoms with van der Waals surface area (Å²) in [7, 11) is 2.10. The van der Waals surface area contributed by atoms with E-state index in [0.717, 1.165) is 31.9 Å². The maximum atomic E-state index is 12.8. The molecule has 1 aliphatic heterocycles. The van der Waals surface area contributed by atoms with Gasteiger partial charge in [0.15, 0.2) is 0 Å². The van der Waals surface area contributed by atoms with Crippen LogP contribution in [0.3, 0.4) is 0 Å². The molecule has 22 heavy (non-hydrogen) atoms. The average molecular weight is 303 g/mol. The van der Waals surface area contributed by atoms with E-state index in [-0.39, 0.29) is 12.0 Å². The normalized spacial score (nSPS) is 22.5. The lowest BCUT2D eigenvalue weighted by atomic mass is 10.2. The zero-order valence-electron chi connectivity index (χ0n) is 13.5. The molecule has 3 rings (SSSR count). The molecular formula is C17H25N3O2. The molecule has 1 saturated carbocycles. The Morgan fingerprint density at radius 2 is 2.23 bits per heavy atom. The van der Waals surface area contributed by atoms with Crippen LogP contribution < -0.4 is 0 Å². The first-order chi connectivity index (χ1) is 10.6. The van der Waals surface area contributed by atoms with Crippen LogP contribution in [0.4, 0.5) is 0 Å². The number of nitrogens with zero attached hydrogens (tertiary/aromatic N) is 3. The number of amides is 1. The average Bonchev–Trinajstić information content (AvgIpc) is 3.31. The van der Waals surface area contributed by atoms with E-state index in [9.17, 15) is 4.79 Å². The molecule has 1 saturated heterocycles. The van der Waals surface area contributed by atoms with Crippen LogP contribution >= 0.6 is 0 Å². The van der Waals surface area contributed by atoms with Gasteiger partial charge in [-0.3, -0.25) is 9.78 Å². The molecule has 0 bridgehead atoms. The summed E-state index contributed by atoms with van der Waals surface area (Å²) in [6.07, 6.45) is 4.27. The number of aryl methyl sites for hydroxylation is 1. The van der Waals surface area contributed by atoms with Crippen molar-refractivity contribution in [1.82, 2.24) is 14.8 Å². The maximum Gasteiger partial charge on any atom is 0.255 e. The van der Waals surface area contributed by atoms with Crippen molar-refractivity contribution in [1.29, 1.82) is 0 Å². The van der Waals surface area contributed by atoms with E-state index in [1.807, 2.05) is 24.0 Å². The van der Waals surface area contributed by atoms with Gasteiger partial charge in [0.05, 0.1) is 18.3 Å². The quantitative estimate of drug-likeness (QED) is 0.828. The highest BCUT2D eigenvalue weighted by Gasteiger charge is 2.30. The zero-order chi connectivity index (χ0) is 15.5. The third-order valence-electron chi connectivity index (χ3n) is 4.39. The summed E-state index contributed by atoms with van der Waals surface area (Å²) in [6.45, 7) is 6.06. The van der Waals surface area contributed by atoms with Crippen molar-refractivity contribution in [3.8, 4) is 0 Å². The van der Waals surface area contributed by atoms with E-state index in [1.165, 1.54) is 12.8 Å². The molecule has 1 amide bonds. The summed E-state index contributed by atoms with van der Waals surface area (Å²) < 4.78 is 5.83. The predicted octanol–water partition coefficient (Wildman–Crippen LogP) is 1.57. The molecule has 1 aromatic heterocycles. The Hall–Kier alpha value is -1.46. The van der Waals surface area contributed by atoms with Crippen LogP contribution in [0.25, 0.3) is 0 Å². The first kappa shape index (κ1) is 15.4. The lowest BCUT2D eigenvalue weighted by molar-refractivity contribution is -0.0331. The molecule has 1 aromatic rings. The number of rotatable bonds is 5. The maximum absolute atomic E-state index is 12.8. The van der Waals surface area contributed by atoms with E-state index in [2.05, 4.69) is 16.9 Å². The Balaban J connectivity index is 1.68. The lowest BCUT2D eigenvalue weighted by Gasteiger charge is -2.34. The minimum Gasteiger partial charge on any atom is -0.374 e. The van der Waals surface area contributed by atoms with E-state index < -0.39 is 0 Å². The first-order valence-electron chi connectivity index (χ1n) is 8.14. The van der Waals surface area contributed by atoms with E-state index >= 15 is 0 Å². The van der Waals surface area contributed by atoms with Crippen LogP contribution in [0.1, 0.15) is 28.9 Å². The predicted molar refractivity (Wildman–Crippen MR) is 84.8 cm³/mol. The number of hydrogen-bond acceptors (Lipinski definition) is 4. The van der Waals surface area contributed by atoms with E-state index in [4.69, 9.17) is 4.74 Å².